The molecule has 1 aromatic carbocycles. The average Bonchev–Trinajstić information content (AvgIpc) is 2.92. The van der Waals surface area contributed by atoms with E-state index in [1.807, 2.05) is 6.92 Å². The Hall–Kier alpha value is -1.14. The van der Waals surface area contributed by atoms with Crippen LogP contribution in [0.25, 0.3) is 0 Å². The summed E-state index contributed by atoms with van der Waals surface area (Å²) >= 11 is 0. The number of hydrogen-bond donors (Lipinski definition) is 1. The molecule has 3 rings (SSSR count). The Morgan fingerprint density at radius 3 is 2.67 bits per heavy atom. The molecule has 0 radical (unpaired) electrons. The standard InChI is InChI=1S/C22H36N2O3/c1-5-27-22-11-17(4)18(12-19(22)16(2)3)13-23-7-6-8-24(10-9-23)20-14-26-15-21(20)25/h11-12,16,20-21,25H,5-10,13-15H2,1-4H3/t20-,21-/m0/s1. The van der Waals surface area contributed by atoms with Crippen molar-refractivity contribution in [3.8, 4) is 5.75 Å². The van der Waals surface area contributed by atoms with Crippen LogP contribution in [-0.4, -0.2) is 73.1 Å². The van der Waals surface area contributed by atoms with Gasteiger partial charge >= 0.3 is 0 Å². The van der Waals surface area contributed by atoms with E-state index in [2.05, 4.69) is 42.7 Å². The number of aliphatic hydroxyl groups excluding tert-OH is 1. The Kier molecular flexibility index (Phi) is 7.15. The molecule has 0 aromatic heterocycles. The van der Waals surface area contributed by atoms with Crippen LogP contribution in [0.4, 0.5) is 0 Å². The van der Waals surface area contributed by atoms with E-state index in [1.165, 1.54) is 16.7 Å². The smallest absolute Gasteiger partial charge is 0.123 e. The number of hydrogen-bond acceptors (Lipinski definition) is 5. The Morgan fingerprint density at radius 1 is 1.19 bits per heavy atom. The molecule has 2 fully saturated rings. The van der Waals surface area contributed by atoms with Crippen LogP contribution >= 0.6 is 0 Å². The lowest BCUT2D eigenvalue weighted by molar-refractivity contribution is 0.0837. The molecule has 2 aliphatic rings. The van der Waals surface area contributed by atoms with Crippen molar-refractivity contribution in [1.82, 2.24) is 9.80 Å². The highest BCUT2D eigenvalue weighted by Crippen LogP contribution is 2.30. The van der Waals surface area contributed by atoms with Crippen LogP contribution in [0.2, 0.25) is 0 Å². The molecule has 1 N–H and O–H groups in total. The third-order valence-corrected chi connectivity index (χ3v) is 5.90. The van der Waals surface area contributed by atoms with E-state index in [-0.39, 0.29) is 12.1 Å². The van der Waals surface area contributed by atoms with E-state index in [1.54, 1.807) is 0 Å². The van der Waals surface area contributed by atoms with Crippen molar-refractivity contribution >= 4 is 0 Å². The molecule has 0 bridgehead atoms. The Labute approximate surface area is 164 Å². The van der Waals surface area contributed by atoms with Gasteiger partial charge in [-0.15, -0.1) is 0 Å². The minimum atomic E-state index is -0.335. The van der Waals surface area contributed by atoms with E-state index >= 15 is 0 Å². The first-order valence-corrected chi connectivity index (χ1v) is 10.5. The molecule has 2 heterocycles. The summed E-state index contributed by atoms with van der Waals surface area (Å²) in [6.07, 6.45) is 0.801. The van der Waals surface area contributed by atoms with Gasteiger partial charge in [-0.2, -0.15) is 0 Å². The molecule has 2 aliphatic heterocycles. The summed E-state index contributed by atoms with van der Waals surface area (Å²) in [6, 6.07) is 4.73. The van der Waals surface area contributed by atoms with Crippen LogP contribution in [0.5, 0.6) is 5.75 Å². The lowest BCUT2D eigenvalue weighted by atomic mass is 9.96. The second kappa shape index (κ2) is 9.37. The Morgan fingerprint density at radius 2 is 2.00 bits per heavy atom. The predicted molar refractivity (Wildman–Crippen MR) is 109 cm³/mol. The molecule has 0 spiro atoms. The molecule has 5 nitrogen and oxygen atoms in total. The fourth-order valence-electron chi connectivity index (χ4n) is 4.25. The summed E-state index contributed by atoms with van der Waals surface area (Å²) in [5.74, 6) is 1.49. The molecule has 0 aliphatic carbocycles. The van der Waals surface area contributed by atoms with E-state index < -0.39 is 0 Å². The van der Waals surface area contributed by atoms with Gasteiger partial charge in [-0.1, -0.05) is 19.9 Å². The lowest BCUT2D eigenvalue weighted by Gasteiger charge is -2.28. The monoisotopic (exact) mass is 376 g/mol. The van der Waals surface area contributed by atoms with Gasteiger partial charge in [0.25, 0.3) is 0 Å². The van der Waals surface area contributed by atoms with Crippen LogP contribution in [0, 0.1) is 6.92 Å². The molecule has 0 saturated carbocycles. The quantitative estimate of drug-likeness (QED) is 0.827. The van der Waals surface area contributed by atoms with Crippen LogP contribution in [0.3, 0.4) is 0 Å². The van der Waals surface area contributed by atoms with Crippen LogP contribution in [0.15, 0.2) is 12.1 Å². The van der Waals surface area contributed by atoms with Gasteiger partial charge in [-0.25, -0.2) is 0 Å². The fourth-order valence-corrected chi connectivity index (χ4v) is 4.25. The van der Waals surface area contributed by atoms with Gasteiger partial charge in [0.2, 0.25) is 0 Å². The Balaban J connectivity index is 1.67. The second-order valence-corrected chi connectivity index (χ2v) is 8.24. The van der Waals surface area contributed by atoms with Crippen LogP contribution < -0.4 is 4.74 Å². The van der Waals surface area contributed by atoms with Crippen molar-refractivity contribution in [2.75, 3.05) is 46.0 Å². The van der Waals surface area contributed by atoms with Gasteiger partial charge in [0.05, 0.1) is 32.0 Å². The van der Waals surface area contributed by atoms with Crippen molar-refractivity contribution in [3.63, 3.8) is 0 Å². The maximum atomic E-state index is 10.1. The first-order chi connectivity index (χ1) is 13.0. The predicted octanol–water partition coefficient (Wildman–Crippen LogP) is 2.78. The molecule has 2 atom stereocenters. The fraction of sp³-hybridized carbons (Fsp3) is 0.727. The number of rotatable bonds is 6. The van der Waals surface area contributed by atoms with Crippen molar-refractivity contribution in [1.29, 1.82) is 0 Å². The molecule has 0 amide bonds. The highest BCUT2D eigenvalue weighted by atomic mass is 16.5. The average molecular weight is 377 g/mol. The van der Waals surface area contributed by atoms with E-state index in [0.29, 0.717) is 25.7 Å². The minimum absolute atomic E-state index is 0.171. The van der Waals surface area contributed by atoms with Gasteiger partial charge in [0.1, 0.15) is 5.75 Å². The van der Waals surface area contributed by atoms with Crippen molar-refractivity contribution in [3.05, 3.63) is 28.8 Å². The highest BCUT2D eigenvalue weighted by molar-refractivity contribution is 5.44. The number of aryl methyl sites for hydroxylation is 1. The van der Waals surface area contributed by atoms with E-state index in [0.717, 1.165) is 44.9 Å². The number of nitrogens with zero attached hydrogens (tertiary/aromatic N) is 2. The van der Waals surface area contributed by atoms with Crippen LogP contribution in [-0.2, 0) is 11.3 Å². The third kappa shape index (κ3) is 5.02. The largest absolute Gasteiger partial charge is 0.494 e. The zero-order valence-corrected chi connectivity index (χ0v) is 17.4. The Bertz CT molecular complexity index is 620. The summed E-state index contributed by atoms with van der Waals surface area (Å²) in [7, 11) is 0. The normalized spacial score (nSPS) is 25.1. The maximum Gasteiger partial charge on any atom is 0.123 e. The van der Waals surface area contributed by atoms with Gasteiger partial charge in [-0.05, 0) is 62.0 Å². The zero-order valence-electron chi connectivity index (χ0n) is 17.4. The summed E-state index contributed by atoms with van der Waals surface area (Å²) in [4.78, 5) is 4.97. The molecule has 2 saturated heterocycles. The van der Waals surface area contributed by atoms with Crippen LogP contribution in [0.1, 0.15) is 49.8 Å². The summed E-state index contributed by atoms with van der Waals surface area (Å²) < 4.78 is 11.3. The first-order valence-electron chi connectivity index (χ1n) is 10.5. The number of benzene rings is 1. The minimum Gasteiger partial charge on any atom is -0.494 e. The van der Waals surface area contributed by atoms with E-state index in [9.17, 15) is 5.11 Å². The van der Waals surface area contributed by atoms with Gasteiger partial charge < -0.3 is 14.6 Å². The summed E-state index contributed by atoms with van der Waals surface area (Å²) in [5, 5.41) is 10.1. The number of aliphatic hydroxyl groups is 1. The third-order valence-electron chi connectivity index (χ3n) is 5.90. The van der Waals surface area contributed by atoms with Gasteiger partial charge in [-0.3, -0.25) is 9.80 Å². The van der Waals surface area contributed by atoms with Crippen molar-refractivity contribution in [2.45, 2.75) is 58.7 Å². The molecular weight excluding hydrogens is 340 g/mol. The van der Waals surface area contributed by atoms with Crippen molar-refractivity contribution in [2.24, 2.45) is 0 Å². The van der Waals surface area contributed by atoms with Gasteiger partial charge in [0.15, 0.2) is 0 Å². The summed E-state index contributed by atoms with van der Waals surface area (Å²) in [5.41, 5.74) is 4.02. The molecular formula is C22H36N2O3. The zero-order chi connectivity index (χ0) is 19.4. The first kappa shape index (κ1) is 20.6. The summed E-state index contributed by atoms with van der Waals surface area (Å²) in [6.45, 7) is 15.7. The molecule has 5 heteroatoms. The van der Waals surface area contributed by atoms with E-state index in [4.69, 9.17) is 9.47 Å². The molecule has 27 heavy (non-hydrogen) atoms. The molecule has 0 unspecified atom stereocenters. The SMILES string of the molecule is CCOc1cc(C)c(CN2CCCN([C@H]3COC[C@@H]3O)CC2)cc1C(C)C. The highest BCUT2D eigenvalue weighted by Gasteiger charge is 2.32. The molecule has 1 aromatic rings. The molecule has 152 valence electrons. The van der Waals surface area contributed by atoms with Crippen molar-refractivity contribution < 1.29 is 14.6 Å². The maximum absolute atomic E-state index is 10.1. The number of ether oxygens (including phenoxy) is 2. The lowest BCUT2D eigenvalue weighted by Crippen LogP contribution is -2.44. The van der Waals surface area contributed by atoms with Gasteiger partial charge in [0, 0.05) is 19.6 Å². The second-order valence-electron chi connectivity index (χ2n) is 8.24. The topological polar surface area (TPSA) is 45.2 Å².